The van der Waals surface area contributed by atoms with E-state index in [9.17, 15) is 14.4 Å². The van der Waals surface area contributed by atoms with Gasteiger partial charge in [0.1, 0.15) is 11.4 Å². The van der Waals surface area contributed by atoms with Crippen molar-refractivity contribution in [2.24, 2.45) is 14.1 Å². The number of hydrogen-bond acceptors (Lipinski definition) is 8. The second-order valence-corrected chi connectivity index (χ2v) is 8.92. The van der Waals surface area contributed by atoms with Gasteiger partial charge in [-0.3, -0.25) is 23.6 Å². The lowest BCUT2D eigenvalue weighted by atomic mass is 10.2. The van der Waals surface area contributed by atoms with E-state index >= 15 is 0 Å². The first-order valence-electron chi connectivity index (χ1n) is 10.5. The van der Waals surface area contributed by atoms with Gasteiger partial charge in [-0.15, -0.1) is 10.2 Å². The number of hydrogen-bond donors (Lipinski definition) is 1. The van der Waals surface area contributed by atoms with Crippen LogP contribution in [0.2, 0.25) is 0 Å². The van der Waals surface area contributed by atoms with Gasteiger partial charge in [0.15, 0.2) is 16.8 Å². The highest BCUT2D eigenvalue weighted by Gasteiger charge is 2.24. The van der Waals surface area contributed by atoms with Gasteiger partial charge in [0.2, 0.25) is 0 Å². The summed E-state index contributed by atoms with van der Waals surface area (Å²) in [5, 5.41) is 9.36. The summed E-state index contributed by atoms with van der Waals surface area (Å²) in [7, 11) is 6.73. The summed E-state index contributed by atoms with van der Waals surface area (Å²) in [6.07, 6.45) is 0.841. The quantitative estimate of drug-likeness (QED) is 0.366. The minimum atomic E-state index is -0.703. The van der Waals surface area contributed by atoms with Crippen LogP contribution in [0.15, 0.2) is 45.1 Å². The van der Waals surface area contributed by atoms with E-state index in [1.54, 1.807) is 0 Å². The van der Waals surface area contributed by atoms with E-state index in [1.165, 1.54) is 25.9 Å². The molecule has 2 aromatic heterocycles. The molecule has 0 aliphatic rings. The number of aromatic nitrogens is 5. The lowest BCUT2D eigenvalue weighted by Gasteiger charge is -2.23. The van der Waals surface area contributed by atoms with E-state index in [2.05, 4.69) is 22.0 Å². The Morgan fingerprint density at radius 1 is 1.12 bits per heavy atom. The van der Waals surface area contributed by atoms with Crippen LogP contribution in [0.25, 0.3) is 0 Å². The van der Waals surface area contributed by atoms with Gasteiger partial charge in [-0.2, -0.15) is 0 Å². The largest absolute Gasteiger partial charge is 0.384 e. The molecule has 0 spiro atoms. The Morgan fingerprint density at radius 2 is 1.79 bits per heavy atom. The molecule has 0 bridgehead atoms. The fraction of sp³-hybridized carbons (Fsp3) is 0.409. The molecule has 0 aliphatic carbocycles. The maximum Gasteiger partial charge on any atom is 0.332 e. The van der Waals surface area contributed by atoms with E-state index in [-0.39, 0.29) is 23.2 Å². The average molecular weight is 472 g/mol. The van der Waals surface area contributed by atoms with Gasteiger partial charge in [0.05, 0.1) is 18.3 Å². The number of rotatable bonds is 9. The molecule has 176 valence electrons. The number of carbonyl (C=O) groups is 1. The minimum Gasteiger partial charge on any atom is -0.384 e. The molecule has 0 amide bonds. The molecule has 3 aromatic rings. The first-order valence-corrected chi connectivity index (χ1v) is 11.5. The van der Waals surface area contributed by atoms with Gasteiger partial charge >= 0.3 is 5.69 Å². The lowest BCUT2D eigenvalue weighted by Crippen LogP contribution is -2.41. The van der Waals surface area contributed by atoms with Crippen LogP contribution in [0.5, 0.6) is 0 Å². The Balaban J connectivity index is 1.94. The first kappa shape index (κ1) is 24.5. The minimum absolute atomic E-state index is 0.0536. The summed E-state index contributed by atoms with van der Waals surface area (Å²) in [5.74, 6) is 0.130. The Bertz CT molecular complexity index is 1260. The molecule has 2 N–H and O–H groups in total. The Kier molecular flexibility index (Phi) is 7.54. The number of carbonyl (C=O) groups excluding carboxylic acids is 1. The summed E-state index contributed by atoms with van der Waals surface area (Å²) in [6, 6.07) is 9.99. The summed E-state index contributed by atoms with van der Waals surface area (Å²) < 4.78 is 3.98. The van der Waals surface area contributed by atoms with E-state index in [4.69, 9.17) is 5.73 Å². The monoisotopic (exact) mass is 471 g/mol. The normalized spacial score (nSPS) is 12.3. The molecule has 1 atom stereocenters. The van der Waals surface area contributed by atoms with Gasteiger partial charge in [0.25, 0.3) is 5.56 Å². The van der Waals surface area contributed by atoms with Crippen molar-refractivity contribution in [3.05, 3.63) is 68.1 Å². The van der Waals surface area contributed by atoms with Crippen LogP contribution in [0.4, 0.5) is 5.82 Å². The first-order chi connectivity index (χ1) is 15.7. The van der Waals surface area contributed by atoms with Crippen molar-refractivity contribution in [3.8, 4) is 0 Å². The zero-order valence-electron chi connectivity index (χ0n) is 19.5. The van der Waals surface area contributed by atoms with E-state index in [1.807, 2.05) is 49.0 Å². The third-order valence-corrected chi connectivity index (χ3v) is 6.52. The SMILES string of the molecule is CCC(c1nnc(SCC(=O)c2c(N)n(C)c(=O)n(C)c2=O)n1Cc1ccccc1)N(C)C. The molecule has 2 heterocycles. The maximum absolute atomic E-state index is 13.0. The molecule has 3 rings (SSSR count). The average Bonchev–Trinajstić information content (AvgIpc) is 3.18. The predicted octanol–water partition coefficient (Wildman–Crippen LogP) is 1.29. The number of anilines is 1. The van der Waals surface area contributed by atoms with Crippen LogP contribution >= 0.6 is 11.8 Å². The number of nitrogen functional groups attached to an aromatic ring is 1. The van der Waals surface area contributed by atoms with Gasteiger partial charge in [0, 0.05) is 14.1 Å². The van der Waals surface area contributed by atoms with Crippen molar-refractivity contribution in [3.63, 3.8) is 0 Å². The number of nitrogens with zero attached hydrogens (tertiary/aromatic N) is 6. The van der Waals surface area contributed by atoms with Gasteiger partial charge in [-0.1, -0.05) is 49.0 Å². The summed E-state index contributed by atoms with van der Waals surface area (Å²) in [4.78, 5) is 39.6. The van der Waals surface area contributed by atoms with Crippen LogP contribution in [0.3, 0.4) is 0 Å². The fourth-order valence-electron chi connectivity index (χ4n) is 3.67. The molecule has 1 aromatic carbocycles. The van der Waals surface area contributed by atoms with Crippen molar-refractivity contribution in [2.45, 2.75) is 31.1 Å². The van der Waals surface area contributed by atoms with Gasteiger partial charge in [-0.25, -0.2) is 4.79 Å². The molecule has 1 unspecified atom stereocenters. The number of ketones is 1. The Morgan fingerprint density at radius 3 is 2.39 bits per heavy atom. The highest BCUT2D eigenvalue weighted by Crippen LogP contribution is 2.26. The lowest BCUT2D eigenvalue weighted by molar-refractivity contribution is 0.102. The second-order valence-electron chi connectivity index (χ2n) is 7.98. The Hall–Kier alpha value is -3.18. The molecule has 11 heteroatoms. The summed E-state index contributed by atoms with van der Waals surface area (Å²) in [6.45, 7) is 2.63. The van der Waals surface area contributed by atoms with Gasteiger partial charge < -0.3 is 10.3 Å². The van der Waals surface area contributed by atoms with Crippen LogP contribution in [0, 0.1) is 0 Å². The number of Topliss-reactive ketones (excluding diaryl/α,β-unsaturated/α-hetero) is 1. The molecule has 10 nitrogen and oxygen atoms in total. The van der Waals surface area contributed by atoms with E-state index in [0.29, 0.717) is 11.7 Å². The van der Waals surface area contributed by atoms with E-state index in [0.717, 1.165) is 26.9 Å². The zero-order valence-corrected chi connectivity index (χ0v) is 20.3. The summed E-state index contributed by atoms with van der Waals surface area (Å²) in [5.41, 5.74) is 5.54. The standard InChI is InChI=1S/C22H29N7O3S/c1-6-15(26(2)3)19-24-25-21(29(19)12-14-10-8-7-9-11-14)33-13-16(30)17-18(23)27(4)22(32)28(5)20(17)31/h7-11,15H,6,12-13,23H2,1-5H3. The number of nitrogens with two attached hydrogens (primary N) is 1. The van der Waals surface area contributed by atoms with Crippen molar-refractivity contribution in [1.82, 2.24) is 28.8 Å². The molecular weight excluding hydrogens is 442 g/mol. The third kappa shape index (κ3) is 4.93. The second kappa shape index (κ2) is 10.2. The predicted molar refractivity (Wildman–Crippen MR) is 129 cm³/mol. The molecule has 33 heavy (non-hydrogen) atoms. The van der Waals surface area contributed by atoms with Crippen LogP contribution in [0.1, 0.15) is 41.1 Å². The number of thioether (sulfide) groups is 1. The molecule has 0 radical (unpaired) electrons. The van der Waals surface area contributed by atoms with Gasteiger partial charge in [-0.05, 0) is 26.1 Å². The molecule has 0 aliphatic heterocycles. The third-order valence-electron chi connectivity index (χ3n) is 5.56. The van der Waals surface area contributed by atoms with Crippen molar-refractivity contribution < 1.29 is 4.79 Å². The van der Waals surface area contributed by atoms with Crippen molar-refractivity contribution >= 4 is 23.4 Å². The highest BCUT2D eigenvalue weighted by atomic mass is 32.2. The zero-order chi connectivity index (χ0) is 24.3. The smallest absolute Gasteiger partial charge is 0.332 e. The highest BCUT2D eigenvalue weighted by molar-refractivity contribution is 7.99. The Labute approximate surface area is 196 Å². The van der Waals surface area contributed by atoms with E-state index < -0.39 is 17.0 Å². The van der Waals surface area contributed by atoms with Crippen molar-refractivity contribution in [2.75, 3.05) is 25.6 Å². The molecule has 0 saturated heterocycles. The van der Waals surface area contributed by atoms with Crippen LogP contribution in [-0.4, -0.2) is 54.4 Å². The van der Waals surface area contributed by atoms with Crippen molar-refractivity contribution in [1.29, 1.82) is 0 Å². The molecule has 0 saturated carbocycles. The number of benzene rings is 1. The van der Waals surface area contributed by atoms with Crippen LogP contribution < -0.4 is 17.0 Å². The van der Waals surface area contributed by atoms with Crippen LogP contribution in [-0.2, 0) is 20.6 Å². The molecular formula is C22H29N7O3S. The summed E-state index contributed by atoms with van der Waals surface area (Å²) >= 11 is 1.19. The molecule has 0 fully saturated rings. The topological polar surface area (TPSA) is 121 Å². The maximum atomic E-state index is 13.0. The fourth-order valence-corrected chi connectivity index (χ4v) is 4.49.